The molecule has 0 amide bonds. The van der Waals surface area contributed by atoms with Gasteiger partial charge >= 0.3 is 0 Å². The molecule has 0 atom stereocenters. The Morgan fingerprint density at radius 3 is 2.38 bits per heavy atom. The van der Waals surface area contributed by atoms with E-state index in [1.165, 1.54) is 16.7 Å². The first kappa shape index (κ1) is 16.9. The monoisotopic (exact) mass is 357 g/mol. The molecule has 0 saturated heterocycles. The molecule has 124 valence electrons. The van der Waals surface area contributed by atoms with E-state index in [2.05, 4.69) is 18.4 Å². The fourth-order valence-electron chi connectivity index (χ4n) is 2.55. The van der Waals surface area contributed by atoms with Crippen molar-refractivity contribution in [1.29, 1.82) is 0 Å². The Balaban J connectivity index is 1.79. The van der Waals surface area contributed by atoms with Crippen molar-refractivity contribution in [1.82, 2.24) is 4.98 Å². The maximum absolute atomic E-state index is 11.5. The molecule has 2 heterocycles. The number of aromatic nitrogens is 1. The van der Waals surface area contributed by atoms with Gasteiger partial charge in [0.2, 0.25) is 0 Å². The predicted octanol–water partition coefficient (Wildman–Crippen LogP) is 4.31. The molecule has 0 spiro atoms. The third-order valence-electron chi connectivity index (χ3n) is 3.96. The second kappa shape index (κ2) is 6.87. The van der Waals surface area contributed by atoms with E-state index >= 15 is 0 Å². The van der Waals surface area contributed by atoms with Crippen molar-refractivity contribution in [3.05, 3.63) is 70.0 Å². The van der Waals surface area contributed by atoms with Crippen molar-refractivity contribution >= 4 is 21.2 Å². The average molecular weight is 358 g/mol. The maximum Gasteiger partial charge on any atom is 0.175 e. The van der Waals surface area contributed by atoms with E-state index in [1.54, 1.807) is 23.5 Å². The number of nitrogens with zero attached hydrogens (tertiary/aromatic N) is 1. The van der Waals surface area contributed by atoms with Crippen molar-refractivity contribution in [2.45, 2.75) is 24.7 Å². The Bertz CT molecular complexity index is 942. The zero-order valence-corrected chi connectivity index (χ0v) is 15.3. The van der Waals surface area contributed by atoms with Gasteiger partial charge in [0.1, 0.15) is 0 Å². The fraction of sp³-hybridized carbons (Fsp3) is 0.211. The number of sulfone groups is 1. The van der Waals surface area contributed by atoms with Crippen molar-refractivity contribution < 1.29 is 8.42 Å². The SMILES string of the molecule is Cc1ccsc1CCc1cccc(-c2ccc(S(C)(=O)=O)cc2)n1. The van der Waals surface area contributed by atoms with Crippen LogP contribution in [0.25, 0.3) is 11.3 Å². The zero-order chi connectivity index (χ0) is 17.2. The third kappa shape index (κ3) is 3.91. The molecule has 0 aliphatic carbocycles. The second-order valence-corrected chi connectivity index (χ2v) is 8.85. The first-order valence-corrected chi connectivity index (χ1v) is 10.5. The molecule has 5 heteroatoms. The highest BCUT2D eigenvalue weighted by Gasteiger charge is 2.08. The van der Waals surface area contributed by atoms with Gasteiger partial charge in [-0.15, -0.1) is 11.3 Å². The number of rotatable bonds is 5. The van der Waals surface area contributed by atoms with Crippen molar-refractivity contribution in [2.75, 3.05) is 6.26 Å². The fourth-order valence-corrected chi connectivity index (χ4v) is 4.10. The van der Waals surface area contributed by atoms with E-state index in [1.807, 2.05) is 30.3 Å². The van der Waals surface area contributed by atoms with Gasteiger partial charge in [-0.3, -0.25) is 4.98 Å². The molecule has 3 rings (SSSR count). The van der Waals surface area contributed by atoms with Crippen LogP contribution in [-0.2, 0) is 22.7 Å². The van der Waals surface area contributed by atoms with Gasteiger partial charge in [0, 0.05) is 22.4 Å². The summed E-state index contributed by atoms with van der Waals surface area (Å²) in [4.78, 5) is 6.45. The topological polar surface area (TPSA) is 47.0 Å². The largest absolute Gasteiger partial charge is 0.253 e. The van der Waals surface area contributed by atoms with Crippen LogP contribution in [0, 0.1) is 6.92 Å². The molecule has 3 nitrogen and oxygen atoms in total. The van der Waals surface area contributed by atoms with Crippen LogP contribution in [0.15, 0.2) is 58.8 Å². The minimum atomic E-state index is -3.17. The lowest BCUT2D eigenvalue weighted by Crippen LogP contribution is -1.97. The summed E-state index contributed by atoms with van der Waals surface area (Å²) in [6.07, 6.45) is 3.11. The highest BCUT2D eigenvalue weighted by atomic mass is 32.2. The van der Waals surface area contributed by atoms with Crippen LogP contribution in [0.3, 0.4) is 0 Å². The van der Waals surface area contributed by atoms with Crippen LogP contribution in [0.2, 0.25) is 0 Å². The smallest absolute Gasteiger partial charge is 0.175 e. The molecular weight excluding hydrogens is 338 g/mol. The Morgan fingerprint density at radius 2 is 1.75 bits per heavy atom. The number of benzene rings is 1. The molecule has 0 bridgehead atoms. The van der Waals surface area contributed by atoms with E-state index in [0.29, 0.717) is 4.90 Å². The highest BCUT2D eigenvalue weighted by Crippen LogP contribution is 2.21. The van der Waals surface area contributed by atoms with E-state index in [4.69, 9.17) is 4.98 Å². The summed E-state index contributed by atoms with van der Waals surface area (Å²) in [6.45, 7) is 2.14. The van der Waals surface area contributed by atoms with Gasteiger partial charge in [0.15, 0.2) is 9.84 Å². The molecule has 0 fully saturated rings. The molecule has 2 aromatic heterocycles. The van der Waals surface area contributed by atoms with Crippen LogP contribution in [0.1, 0.15) is 16.1 Å². The van der Waals surface area contributed by atoms with Gasteiger partial charge in [0.05, 0.1) is 10.6 Å². The lowest BCUT2D eigenvalue weighted by molar-refractivity contribution is 0.602. The Labute approximate surface area is 146 Å². The van der Waals surface area contributed by atoms with Gasteiger partial charge in [-0.25, -0.2) is 8.42 Å². The molecular formula is C19H19NO2S2. The summed E-state index contributed by atoms with van der Waals surface area (Å²) in [5.41, 5.74) is 4.19. The molecule has 1 aromatic carbocycles. The summed E-state index contributed by atoms with van der Waals surface area (Å²) >= 11 is 1.79. The summed E-state index contributed by atoms with van der Waals surface area (Å²) in [6, 6.07) is 15.0. The standard InChI is InChI=1S/C19H19NO2S2/c1-14-12-13-23-19(14)11-8-16-4-3-5-18(20-16)15-6-9-17(10-7-15)24(2,21)22/h3-7,9-10,12-13H,8,11H2,1-2H3. The van der Waals surface area contributed by atoms with E-state index in [0.717, 1.165) is 29.8 Å². The average Bonchev–Trinajstić information content (AvgIpc) is 2.98. The Morgan fingerprint density at radius 1 is 1.00 bits per heavy atom. The molecule has 3 aromatic rings. The van der Waals surface area contributed by atoms with Crippen molar-refractivity contribution in [2.24, 2.45) is 0 Å². The van der Waals surface area contributed by atoms with Crippen LogP contribution in [-0.4, -0.2) is 19.7 Å². The predicted molar refractivity (Wildman–Crippen MR) is 99.2 cm³/mol. The number of pyridine rings is 1. The van der Waals surface area contributed by atoms with E-state index < -0.39 is 9.84 Å². The van der Waals surface area contributed by atoms with Gasteiger partial charge in [-0.1, -0.05) is 18.2 Å². The third-order valence-corrected chi connectivity index (χ3v) is 6.17. The Kier molecular flexibility index (Phi) is 4.83. The maximum atomic E-state index is 11.5. The molecule has 0 radical (unpaired) electrons. The number of aryl methyl sites for hydroxylation is 3. The lowest BCUT2D eigenvalue weighted by atomic mass is 10.1. The minimum Gasteiger partial charge on any atom is -0.253 e. The van der Waals surface area contributed by atoms with Gasteiger partial charge in [0.25, 0.3) is 0 Å². The summed E-state index contributed by atoms with van der Waals surface area (Å²) in [7, 11) is -3.17. The zero-order valence-electron chi connectivity index (χ0n) is 13.7. The van der Waals surface area contributed by atoms with Gasteiger partial charge in [-0.05, 0) is 61.0 Å². The lowest BCUT2D eigenvalue weighted by Gasteiger charge is -2.06. The molecule has 24 heavy (non-hydrogen) atoms. The number of hydrogen-bond donors (Lipinski definition) is 0. The van der Waals surface area contributed by atoms with Crippen molar-refractivity contribution in [3.8, 4) is 11.3 Å². The molecule has 0 aliphatic rings. The first-order valence-electron chi connectivity index (χ1n) is 7.73. The van der Waals surface area contributed by atoms with Crippen LogP contribution < -0.4 is 0 Å². The van der Waals surface area contributed by atoms with Crippen molar-refractivity contribution in [3.63, 3.8) is 0 Å². The van der Waals surface area contributed by atoms with E-state index in [-0.39, 0.29) is 0 Å². The normalized spacial score (nSPS) is 11.6. The first-order chi connectivity index (χ1) is 11.4. The molecule has 0 N–H and O–H groups in total. The Hall–Kier alpha value is -1.98. The second-order valence-electron chi connectivity index (χ2n) is 5.84. The van der Waals surface area contributed by atoms with Crippen LogP contribution in [0.4, 0.5) is 0 Å². The summed E-state index contributed by atoms with van der Waals surface area (Å²) in [5.74, 6) is 0. The molecule has 0 unspecified atom stereocenters. The quantitative estimate of drug-likeness (QED) is 0.684. The molecule has 0 aliphatic heterocycles. The van der Waals surface area contributed by atoms with Gasteiger partial charge in [-0.2, -0.15) is 0 Å². The summed E-state index contributed by atoms with van der Waals surface area (Å²) < 4.78 is 23.1. The van der Waals surface area contributed by atoms with Crippen LogP contribution >= 0.6 is 11.3 Å². The number of hydrogen-bond acceptors (Lipinski definition) is 4. The molecule has 0 saturated carbocycles. The highest BCUT2D eigenvalue weighted by molar-refractivity contribution is 7.90. The van der Waals surface area contributed by atoms with Gasteiger partial charge < -0.3 is 0 Å². The van der Waals surface area contributed by atoms with Crippen LogP contribution in [0.5, 0.6) is 0 Å². The minimum absolute atomic E-state index is 0.329. The number of thiophene rings is 1. The summed E-state index contributed by atoms with van der Waals surface area (Å²) in [5, 5.41) is 2.12. The van der Waals surface area contributed by atoms with E-state index in [9.17, 15) is 8.42 Å².